The molecule has 2 aromatic carbocycles. The molecule has 0 bridgehead atoms. The molecule has 0 saturated carbocycles. The van der Waals surface area contributed by atoms with Gasteiger partial charge >= 0.3 is 6.18 Å². The minimum atomic E-state index is -4.60. The summed E-state index contributed by atoms with van der Waals surface area (Å²) in [5, 5.41) is 4.86. The second-order valence-corrected chi connectivity index (χ2v) is 6.31. The number of hydrogen-bond donors (Lipinski definition) is 2. The molecule has 2 N–H and O–H groups in total. The average Bonchev–Trinajstić information content (AvgIpc) is 2.69. The van der Waals surface area contributed by atoms with Crippen LogP contribution < -0.4 is 15.4 Å². The van der Waals surface area contributed by atoms with Crippen molar-refractivity contribution in [3.05, 3.63) is 77.6 Å². The third kappa shape index (κ3) is 5.86. The molecule has 3 aromatic rings. The molecule has 0 atom stereocenters. The Morgan fingerprint density at radius 3 is 2.24 bits per heavy atom. The lowest BCUT2D eigenvalue weighted by atomic mass is 10.2. The zero-order valence-corrected chi connectivity index (χ0v) is 15.6. The van der Waals surface area contributed by atoms with E-state index in [-0.39, 0.29) is 12.2 Å². The van der Waals surface area contributed by atoms with Gasteiger partial charge in [-0.15, -0.1) is 0 Å². The molecule has 9 heteroatoms. The monoisotopic (exact) mass is 421 g/mol. The van der Waals surface area contributed by atoms with Gasteiger partial charge in [0.2, 0.25) is 5.91 Å². The summed E-state index contributed by atoms with van der Waals surface area (Å²) < 4.78 is 44.3. The van der Waals surface area contributed by atoms with Crippen LogP contribution in [0, 0.1) is 0 Å². The van der Waals surface area contributed by atoms with Crippen molar-refractivity contribution in [2.45, 2.75) is 6.18 Å². The molecule has 1 heterocycles. The lowest BCUT2D eigenvalue weighted by Gasteiger charge is -2.12. The molecule has 0 saturated heterocycles. The van der Waals surface area contributed by atoms with Crippen molar-refractivity contribution in [3.8, 4) is 11.5 Å². The number of hydrogen-bond acceptors (Lipinski definition) is 4. The van der Waals surface area contributed by atoms with Crippen LogP contribution in [0.3, 0.4) is 0 Å². The lowest BCUT2D eigenvalue weighted by Crippen LogP contribution is -2.22. The number of rotatable bonds is 6. The Kier molecular flexibility index (Phi) is 6.23. The number of carbonyl (C=O) groups is 1. The number of benzene rings is 2. The number of pyridine rings is 1. The maximum absolute atomic E-state index is 12.9. The first-order chi connectivity index (χ1) is 13.8. The predicted molar refractivity (Wildman–Crippen MR) is 104 cm³/mol. The highest BCUT2D eigenvalue weighted by Gasteiger charge is 2.33. The van der Waals surface area contributed by atoms with Crippen LogP contribution in [0.15, 0.2) is 67.0 Å². The highest BCUT2D eigenvalue weighted by molar-refractivity contribution is 6.31. The minimum Gasteiger partial charge on any atom is -0.457 e. The average molecular weight is 422 g/mol. The Morgan fingerprint density at radius 1 is 0.966 bits per heavy atom. The molecule has 0 unspecified atom stereocenters. The third-order valence-corrected chi connectivity index (χ3v) is 4.08. The van der Waals surface area contributed by atoms with Crippen LogP contribution in [-0.4, -0.2) is 17.4 Å². The number of anilines is 2. The molecular weight excluding hydrogens is 407 g/mol. The van der Waals surface area contributed by atoms with Gasteiger partial charge in [-0.25, -0.2) is 0 Å². The van der Waals surface area contributed by atoms with E-state index in [1.54, 1.807) is 48.8 Å². The van der Waals surface area contributed by atoms with Crippen LogP contribution in [-0.2, 0) is 11.0 Å². The second-order valence-electron chi connectivity index (χ2n) is 5.90. The van der Waals surface area contributed by atoms with Crippen LogP contribution in [0.1, 0.15) is 5.56 Å². The number of nitrogens with one attached hydrogen (secondary N) is 2. The summed E-state index contributed by atoms with van der Waals surface area (Å²) in [5.41, 5.74) is -0.348. The van der Waals surface area contributed by atoms with E-state index in [1.165, 1.54) is 6.07 Å². The summed E-state index contributed by atoms with van der Waals surface area (Å²) in [6.45, 7) is -0.130. The first-order valence-corrected chi connectivity index (χ1v) is 8.77. The van der Waals surface area contributed by atoms with Crippen molar-refractivity contribution in [3.63, 3.8) is 0 Å². The molecule has 0 spiro atoms. The van der Waals surface area contributed by atoms with E-state index in [4.69, 9.17) is 16.3 Å². The number of carbonyl (C=O) groups excluding carboxylic acids is 1. The molecule has 5 nitrogen and oxygen atoms in total. The van der Waals surface area contributed by atoms with E-state index in [0.29, 0.717) is 17.2 Å². The summed E-state index contributed by atoms with van der Waals surface area (Å²) in [6, 6.07) is 13.5. The van der Waals surface area contributed by atoms with Crippen molar-refractivity contribution in [1.29, 1.82) is 0 Å². The maximum Gasteiger partial charge on any atom is 0.417 e. The van der Waals surface area contributed by atoms with Gasteiger partial charge in [0, 0.05) is 23.8 Å². The minimum absolute atomic E-state index is 0.00891. The Bertz CT molecular complexity index is 981. The molecule has 0 aliphatic heterocycles. The zero-order valence-electron chi connectivity index (χ0n) is 14.8. The van der Waals surface area contributed by atoms with Gasteiger partial charge in [-0.3, -0.25) is 9.78 Å². The van der Waals surface area contributed by atoms with Gasteiger partial charge in [0.05, 0.1) is 17.1 Å². The van der Waals surface area contributed by atoms with Gasteiger partial charge < -0.3 is 15.4 Å². The van der Waals surface area contributed by atoms with Crippen LogP contribution in [0.2, 0.25) is 5.02 Å². The quantitative estimate of drug-likeness (QED) is 0.544. The van der Waals surface area contributed by atoms with Crippen molar-refractivity contribution in [2.24, 2.45) is 0 Å². The Morgan fingerprint density at radius 2 is 1.59 bits per heavy atom. The summed E-state index contributed by atoms with van der Waals surface area (Å²) in [6.07, 6.45) is -1.37. The van der Waals surface area contributed by atoms with Crippen molar-refractivity contribution in [1.82, 2.24) is 4.98 Å². The van der Waals surface area contributed by atoms with Crippen molar-refractivity contribution >= 4 is 28.9 Å². The molecule has 0 aliphatic carbocycles. The number of ether oxygens (including phenoxy) is 1. The van der Waals surface area contributed by atoms with E-state index in [2.05, 4.69) is 15.6 Å². The summed E-state index contributed by atoms with van der Waals surface area (Å²) >= 11 is 5.56. The summed E-state index contributed by atoms with van der Waals surface area (Å²) in [5.74, 6) is 0.742. The summed E-state index contributed by atoms with van der Waals surface area (Å²) in [4.78, 5) is 15.9. The topological polar surface area (TPSA) is 63.2 Å². The third-order valence-electron chi connectivity index (χ3n) is 3.75. The molecule has 1 aromatic heterocycles. The molecule has 3 rings (SSSR count). The zero-order chi connectivity index (χ0) is 20.9. The van der Waals surface area contributed by atoms with E-state index in [0.717, 1.165) is 12.1 Å². The number of aromatic nitrogens is 1. The smallest absolute Gasteiger partial charge is 0.417 e. The lowest BCUT2D eigenvalue weighted by molar-refractivity contribution is -0.137. The molecule has 1 amide bonds. The highest BCUT2D eigenvalue weighted by atomic mass is 35.5. The fourth-order valence-corrected chi connectivity index (χ4v) is 2.62. The molecule has 29 heavy (non-hydrogen) atoms. The van der Waals surface area contributed by atoms with Gasteiger partial charge in [-0.1, -0.05) is 11.6 Å². The van der Waals surface area contributed by atoms with Crippen molar-refractivity contribution in [2.75, 3.05) is 17.2 Å². The van der Waals surface area contributed by atoms with Gasteiger partial charge in [0.1, 0.15) is 11.5 Å². The van der Waals surface area contributed by atoms with Crippen LogP contribution >= 0.6 is 11.6 Å². The number of nitrogens with zero attached hydrogens (tertiary/aromatic N) is 1. The second kappa shape index (κ2) is 8.83. The number of halogens is 4. The largest absolute Gasteiger partial charge is 0.457 e. The normalized spacial score (nSPS) is 11.0. The Balaban J connectivity index is 1.54. The fourth-order valence-electron chi connectivity index (χ4n) is 2.39. The van der Waals surface area contributed by atoms with Gasteiger partial charge in [0.25, 0.3) is 0 Å². The molecule has 0 fully saturated rings. The molecule has 0 radical (unpaired) electrons. The van der Waals surface area contributed by atoms with Gasteiger partial charge in [-0.2, -0.15) is 13.2 Å². The van der Waals surface area contributed by atoms with Crippen LogP contribution in [0.4, 0.5) is 24.5 Å². The van der Waals surface area contributed by atoms with Gasteiger partial charge in [-0.05, 0) is 54.6 Å². The van der Waals surface area contributed by atoms with E-state index in [9.17, 15) is 18.0 Å². The highest BCUT2D eigenvalue weighted by Crippen LogP contribution is 2.36. The molecular formula is C20H15ClF3N3O2. The Labute approximate surface area is 169 Å². The summed E-state index contributed by atoms with van der Waals surface area (Å²) in [7, 11) is 0. The maximum atomic E-state index is 12.9. The van der Waals surface area contributed by atoms with E-state index in [1.807, 2.05) is 0 Å². The van der Waals surface area contributed by atoms with Crippen molar-refractivity contribution < 1.29 is 22.7 Å². The standard InChI is InChI=1S/C20H15ClF3N3O2/c21-18-6-3-14(11-17(18)20(22,23)24)27-19(28)12-26-13-1-4-15(5-2-13)29-16-7-9-25-10-8-16/h1-11,26H,12H2,(H,27,28). The Hall–Kier alpha value is -3.26. The number of amides is 1. The fraction of sp³-hybridized carbons (Fsp3) is 0.100. The predicted octanol–water partition coefficient (Wildman–Crippen LogP) is 5.60. The van der Waals surface area contributed by atoms with Gasteiger partial charge in [0.15, 0.2) is 0 Å². The first-order valence-electron chi connectivity index (χ1n) is 8.40. The number of alkyl halides is 3. The first kappa shape index (κ1) is 20.5. The molecule has 0 aliphatic rings. The van der Waals surface area contributed by atoms with E-state index < -0.39 is 22.7 Å². The van der Waals surface area contributed by atoms with Crippen LogP contribution in [0.25, 0.3) is 0 Å². The SMILES string of the molecule is O=C(CNc1ccc(Oc2ccncc2)cc1)Nc1ccc(Cl)c(C(F)(F)F)c1. The van der Waals surface area contributed by atoms with Crippen LogP contribution in [0.5, 0.6) is 11.5 Å². The van der Waals surface area contributed by atoms with E-state index >= 15 is 0 Å². The molecule has 150 valence electrons.